The molecule has 0 saturated heterocycles. The molecule has 0 amide bonds. The molecule has 0 atom stereocenters. The number of methoxy groups -OCH3 is 1. The Hall–Kier alpha value is -1.36. The molecule has 0 saturated carbocycles. The molecule has 0 aliphatic carbocycles. The van der Waals surface area contributed by atoms with Crippen molar-refractivity contribution in [3.8, 4) is 11.8 Å². The first kappa shape index (κ1) is 8.73. The molecule has 1 aromatic rings. The van der Waals surface area contributed by atoms with Gasteiger partial charge >= 0.3 is 0 Å². The van der Waals surface area contributed by atoms with Crippen LogP contribution in [0.25, 0.3) is 0 Å². The molecule has 1 rings (SSSR count). The molecular formula is C7H11N3O2. The quantitative estimate of drug-likeness (QED) is 0.677. The highest BCUT2D eigenvalue weighted by atomic mass is 16.5. The summed E-state index contributed by atoms with van der Waals surface area (Å²) < 4.78 is 9.92. The molecule has 5 nitrogen and oxygen atoms in total. The third-order valence-corrected chi connectivity index (χ3v) is 1.18. The Morgan fingerprint density at radius 3 is 2.50 bits per heavy atom. The second kappa shape index (κ2) is 4.50. The summed E-state index contributed by atoms with van der Waals surface area (Å²) in [5, 5.41) is 0. The van der Waals surface area contributed by atoms with E-state index < -0.39 is 0 Å². The first-order chi connectivity index (χ1) is 5.86. The van der Waals surface area contributed by atoms with E-state index in [4.69, 9.17) is 15.2 Å². The van der Waals surface area contributed by atoms with Gasteiger partial charge < -0.3 is 15.2 Å². The first-order valence-corrected chi connectivity index (χ1v) is 3.55. The Balaban J connectivity index is 2.53. The first-order valence-electron chi connectivity index (χ1n) is 3.55. The molecular weight excluding hydrogens is 158 g/mol. The molecule has 2 N–H and O–H groups in total. The van der Waals surface area contributed by atoms with Crippen molar-refractivity contribution in [1.82, 2.24) is 9.97 Å². The van der Waals surface area contributed by atoms with E-state index >= 15 is 0 Å². The molecule has 5 heteroatoms. The van der Waals surface area contributed by atoms with Crippen molar-refractivity contribution >= 4 is 0 Å². The van der Waals surface area contributed by atoms with Crippen molar-refractivity contribution in [3.05, 3.63) is 12.4 Å². The van der Waals surface area contributed by atoms with Crippen molar-refractivity contribution < 1.29 is 9.47 Å². The standard InChI is InChI=1S/C7H11N3O2/c1-11-6-4-10-7(5-9-6)12-3-2-8/h4-5H,2-3,8H2,1H3. The maximum absolute atomic E-state index is 5.23. The SMILES string of the molecule is COc1cnc(OCCN)cn1. The minimum absolute atomic E-state index is 0.445. The maximum atomic E-state index is 5.23. The Morgan fingerprint density at radius 1 is 1.33 bits per heavy atom. The van der Waals surface area contributed by atoms with E-state index in [1.54, 1.807) is 0 Å². The number of hydrogen-bond donors (Lipinski definition) is 1. The number of rotatable bonds is 4. The van der Waals surface area contributed by atoms with Crippen molar-refractivity contribution in [2.45, 2.75) is 0 Å². The summed E-state index contributed by atoms with van der Waals surface area (Å²) in [6, 6.07) is 0. The van der Waals surface area contributed by atoms with Crippen molar-refractivity contribution in [2.75, 3.05) is 20.3 Å². The third-order valence-electron chi connectivity index (χ3n) is 1.18. The molecule has 0 fully saturated rings. The predicted octanol–water partition coefficient (Wildman–Crippen LogP) is -0.177. The van der Waals surface area contributed by atoms with E-state index in [9.17, 15) is 0 Å². The van der Waals surface area contributed by atoms with Gasteiger partial charge in [0.15, 0.2) is 0 Å². The molecule has 0 aliphatic heterocycles. The van der Waals surface area contributed by atoms with Gasteiger partial charge in [0, 0.05) is 6.54 Å². The van der Waals surface area contributed by atoms with Crippen LogP contribution >= 0.6 is 0 Å². The largest absolute Gasteiger partial charge is 0.480 e. The topological polar surface area (TPSA) is 70.3 Å². The summed E-state index contributed by atoms with van der Waals surface area (Å²) in [7, 11) is 1.53. The van der Waals surface area contributed by atoms with Gasteiger partial charge in [0.25, 0.3) is 0 Å². The Labute approximate surface area is 70.5 Å². The zero-order valence-electron chi connectivity index (χ0n) is 6.86. The van der Waals surface area contributed by atoms with E-state index in [2.05, 4.69) is 9.97 Å². The number of aromatic nitrogens is 2. The normalized spacial score (nSPS) is 9.50. The van der Waals surface area contributed by atoms with Gasteiger partial charge in [0.1, 0.15) is 6.61 Å². The van der Waals surface area contributed by atoms with Crippen molar-refractivity contribution in [1.29, 1.82) is 0 Å². The Morgan fingerprint density at radius 2 is 2.00 bits per heavy atom. The van der Waals surface area contributed by atoms with Gasteiger partial charge in [0.2, 0.25) is 11.8 Å². The van der Waals surface area contributed by atoms with Gasteiger partial charge in [-0.25, -0.2) is 9.97 Å². The van der Waals surface area contributed by atoms with Crippen LogP contribution < -0.4 is 15.2 Å². The number of nitrogens with two attached hydrogens (primary N) is 1. The average molecular weight is 169 g/mol. The fraction of sp³-hybridized carbons (Fsp3) is 0.429. The van der Waals surface area contributed by atoms with E-state index in [1.807, 2.05) is 0 Å². The van der Waals surface area contributed by atoms with E-state index in [-0.39, 0.29) is 0 Å². The second-order valence-electron chi connectivity index (χ2n) is 2.03. The molecule has 0 bridgehead atoms. The van der Waals surface area contributed by atoms with Crippen LogP contribution in [-0.4, -0.2) is 30.2 Å². The van der Waals surface area contributed by atoms with Crippen LogP contribution in [0.2, 0.25) is 0 Å². The van der Waals surface area contributed by atoms with Gasteiger partial charge in [0.05, 0.1) is 19.5 Å². The van der Waals surface area contributed by atoms with Crippen LogP contribution in [0.3, 0.4) is 0 Å². The number of ether oxygens (including phenoxy) is 2. The average Bonchev–Trinajstić information content (AvgIpc) is 2.15. The predicted molar refractivity (Wildman–Crippen MR) is 43.1 cm³/mol. The highest BCUT2D eigenvalue weighted by molar-refractivity contribution is 5.10. The van der Waals surface area contributed by atoms with E-state index in [0.29, 0.717) is 24.9 Å². The highest BCUT2D eigenvalue weighted by Crippen LogP contribution is 2.07. The highest BCUT2D eigenvalue weighted by Gasteiger charge is 1.95. The molecule has 12 heavy (non-hydrogen) atoms. The fourth-order valence-electron chi connectivity index (χ4n) is 0.648. The molecule has 0 radical (unpaired) electrons. The van der Waals surface area contributed by atoms with Crippen LogP contribution in [0.5, 0.6) is 11.8 Å². The fourth-order valence-corrected chi connectivity index (χ4v) is 0.648. The lowest BCUT2D eigenvalue weighted by Gasteiger charge is -2.02. The van der Waals surface area contributed by atoms with Gasteiger partial charge in [-0.15, -0.1) is 0 Å². The summed E-state index contributed by atoms with van der Waals surface area (Å²) in [6.07, 6.45) is 2.99. The van der Waals surface area contributed by atoms with Gasteiger partial charge in [-0.1, -0.05) is 0 Å². The Bertz CT molecular complexity index is 225. The summed E-state index contributed by atoms with van der Waals surface area (Å²) in [4.78, 5) is 7.82. The lowest BCUT2D eigenvalue weighted by molar-refractivity contribution is 0.310. The summed E-state index contributed by atoms with van der Waals surface area (Å²) >= 11 is 0. The van der Waals surface area contributed by atoms with Crippen LogP contribution in [0.15, 0.2) is 12.4 Å². The van der Waals surface area contributed by atoms with Crippen LogP contribution in [0.1, 0.15) is 0 Å². The van der Waals surface area contributed by atoms with Crippen LogP contribution in [0.4, 0.5) is 0 Å². The van der Waals surface area contributed by atoms with Gasteiger partial charge in [-0.05, 0) is 0 Å². The summed E-state index contributed by atoms with van der Waals surface area (Å²) in [6.45, 7) is 0.911. The molecule has 0 aromatic carbocycles. The van der Waals surface area contributed by atoms with Gasteiger partial charge in [-0.3, -0.25) is 0 Å². The molecule has 0 unspecified atom stereocenters. The molecule has 66 valence electrons. The lowest BCUT2D eigenvalue weighted by Crippen LogP contribution is -2.11. The monoisotopic (exact) mass is 169 g/mol. The Kier molecular flexibility index (Phi) is 3.28. The minimum Gasteiger partial charge on any atom is -0.480 e. The smallest absolute Gasteiger partial charge is 0.232 e. The summed E-state index contributed by atoms with van der Waals surface area (Å²) in [5.74, 6) is 0.927. The maximum Gasteiger partial charge on any atom is 0.232 e. The lowest BCUT2D eigenvalue weighted by atomic mass is 10.6. The number of hydrogen-bond acceptors (Lipinski definition) is 5. The van der Waals surface area contributed by atoms with Crippen molar-refractivity contribution in [3.63, 3.8) is 0 Å². The van der Waals surface area contributed by atoms with Crippen LogP contribution in [0, 0.1) is 0 Å². The van der Waals surface area contributed by atoms with E-state index in [0.717, 1.165) is 0 Å². The molecule has 0 aliphatic rings. The zero-order chi connectivity index (χ0) is 8.81. The van der Waals surface area contributed by atoms with Crippen LogP contribution in [-0.2, 0) is 0 Å². The summed E-state index contributed by atoms with van der Waals surface area (Å²) in [5.41, 5.74) is 5.23. The number of nitrogens with zero attached hydrogens (tertiary/aromatic N) is 2. The van der Waals surface area contributed by atoms with Gasteiger partial charge in [-0.2, -0.15) is 0 Å². The minimum atomic E-state index is 0.445. The van der Waals surface area contributed by atoms with E-state index in [1.165, 1.54) is 19.5 Å². The molecule has 1 aromatic heterocycles. The third kappa shape index (κ3) is 2.35. The zero-order valence-corrected chi connectivity index (χ0v) is 6.86. The molecule has 0 spiro atoms. The second-order valence-corrected chi connectivity index (χ2v) is 2.03. The van der Waals surface area contributed by atoms with Crippen molar-refractivity contribution in [2.24, 2.45) is 5.73 Å². The molecule has 1 heterocycles.